The molecule has 0 amide bonds. The summed E-state index contributed by atoms with van der Waals surface area (Å²) in [6, 6.07) is 16.9. The number of nitrogens with one attached hydrogen (secondary N) is 1. The summed E-state index contributed by atoms with van der Waals surface area (Å²) < 4.78 is 2.13. The van der Waals surface area contributed by atoms with Gasteiger partial charge < -0.3 is 11.1 Å². The molecule has 1 aromatic carbocycles. The highest BCUT2D eigenvalue weighted by Gasteiger charge is 2.38. The van der Waals surface area contributed by atoms with E-state index >= 15 is 0 Å². The Labute approximate surface area is 243 Å². The zero-order valence-corrected chi connectivity index (χ0v) is 24.3. The average Bonchev–Trinajstić information content (AvgIpc) is 3.60. The summed E-state index contributed by atoms with van der Waals surface area (Å²) in [4.78, 5) is 17.1. The van der Waals surface area contributed by atoms with Crippen LogP contribution in [0.15, 0.2) is 73.0 Å². The number of piperidine rings is 1. The summed E-state index contributed by atoms with van der Waals surface area (Å²) in [5.74, 6) is 1.22. The second kappa shape index (κ2) is 12.0. The lowest BCUT2D eigenvalue weighted by molar-refractivity contribution is 0.199. The molecule has 0 saturated carbocycles. The van der Waals surface area contributed by atoms with Crippen molar-refractivity contribution < 1.29 is 0 Å². The molecule has 7 rings (SSSR count). The molecule has 4 aromatic rings. The van der Waals surface area contributed by atoms with E-state index in [0.717, 1.165) is 65.4 Å². The van der Waals surface area contributed by atoms with Crippen molar-refractivity contribution in [1.82, 2.24) is 29.7 Å². The molecule has 3 aromatic heterocycles. The highest BCUT2D eigenvalue weighted by molar-refractivity contribution is 5.85. The van der Waals surface area contributed by atoms with E-state index in [4.69, 9.17) is 15.7 Å². The van der Waals surface area contributed by atoms with Gasteiger partial charge in [0.1, 0.15) is 11.3 Å². The van der Waals surface area contributed by atoms with Crippen molar-refractivity contribution in [3.63, 3.8) is 0 Å². The topological polar surface area (TPSA) is 84.9 Å². The first-order valence-electron chi connectivity index (χ1n) is 15.2. The van der Waals surface area contributed by atoms with Gasteiger partial charge in [-0.05, 0) is 98.1 Å². The van der Waals surface area contributed by atoms with Crippen molar-refractivity contribution in [3.05, 3.63) is 84.2 Å². The van der Waals surface area contributed by atoms with Crippen LogP contribution in [0.2, 0.25) is 0 Å². The smallest absolute Gasteiger partial charge is 0.165 e. The van der Waals surface area contributed by atoms with Crippen LogP contribution in [0.3, 0.4) is 0 Å². The molecular weight excluding hydrogens is 506 g/mol. The molecule has 1 atom stereocenters. The Morgan fingerprint density at radius 1 is 1.00 bits per heavy atom. The van der Waals surface area contributed by atoms with Gasteiger partial charge in [0.25, 0.3) is 0 Å². The molecule has 3 N–H and O–H groups in total. The number of nitrogens with zero attached hydrogens (tertiary/aromatic N) is 5. The lowest BCUT2D eigenvalue weighted by atomic mass is 9.80. The first-order valence-corrected chi connectivity index (χ1v) is 15.2. The zero-order valence-electron chi connectivity index (χ0n) is 24.3. The van der Waals surface area contributed by atoms with Crippen LogP contribution in [-0.4, -0.2) is 50.6 Å². The first-order chi connectivity index (χ1) is 20.2. The molecule has 2 aliphatic heterocycles. The van der Waals surface area contributed by atoms with Crippen molar-refractivity contribution in [2.45, 2.75) is 52.5 Å². The van der Waals surface area contributed by atoms with E-state index in [1.165, 1.54) is 44.5 Å². The number of fused-ring (bicyclic) bond motifs is 1. The molecule has 1 spiro atoms. The molecule has 7 heteroatoms. The Bertz CT molecular complexity index is 1560. The van der Waals surface area contributed by atoms with Gasteiger partial charge in [-0.1, -0.05) is 44.2 Å². The summed E-state index contributed by atoms with van der Waals surface area (Å²) in [5, 5.41) is 3.63. The monoisotopic (exact) mass is 547 g/mol. The number of hydrogen-bond acceptors (Lipinski definition) is 6. The van der Waals surface area contributed by atoms with Crippen molar-refractivity contribution in [3.8, 4) is 17.1 Å². The van der Waals surface area contributed by atoms with Gasteiger partial charge in [-0.3, -0.25) is 9.47 Å². The SMILES string of the molecule is CC.Nc1ncccc1-c1nc2ccc(C3=CCCC=C3)nc2n1-c1ccc(CN2CCC3(CCCNC3)C2)cc1. The summed E-state index contributed by atoms with van der Waals surface area (Å²) >= 11 is 0. The molecule has 2 fully saturated rings. The third-order valence-corrected chi connectivity index (χ3v) is 8.55. The van der Waals surface area contributed by atoms with Crippen LogP contribution >= 0.6 is 0 Å². The largest absolute Gasteiger partial charge is 0.383 e. The minimum absolute atomic E-state index is 0.462. The van der Waals surface area contributed by atoms with Crippen LogP contribution in [-0.2, 0) is 6.54 Å². The molecular formula is C34H41N7. The molecule has 41 heavy (non-hydrogen) atoms. The predicted molar refractivity (Wildman–Crippen MR) is 169 cm³/mol. The third-order valence-electron chi connectivity index (χ3n) is 8.55. The van der Waals surface area contributed by atoms with Crippen molar-refractivity contribution in [1.29, 1.82) is 0 Å². The number of imidazole rings is 1. The Morgan fingerprint density at radius 2 is 1.88 bits per heavy atom. The minimum atomic E-state index is 0.462. The van der Waals surface area contributed by atoms with Crippen molar-refractivity contribution >= 4 is 22.6 Å². The minimum Gasteiger partial charge on any atom is -0.383 e. The highest BCUT2D eigenvalue weighted by Crippen LogP contribution is 2.37. The van der Waals surface area contributed by atoms with Crippen LogP contribution in [0, 0.1) is 5.41 Å². The lowest BCUT2D eigenvalue weighted by Gasteiger charge is -2.34. The maximum Gasteiger partial charge on any atom is 0.165 e. The molecule has 0 bridgehead atoms. The van der Waals surface area contributed by atoms with Crippen LogP contribution in [0.25, 0.3) is 33.8 Å². The van der Waals surface area contributed by atoms with Crippen LogP contribution in [0.4, 0.5) is 5.82 Å². The lowest BCUT2D eigenvalue weighted by Crippen LogP contribution is -2.41. The average molecular weight is 548 g/mol. The van der Waals surface area contributed by atoms with Crippen molar-refractivity contribution in [2.75, 3.05) is 31.9 Å². The van der Waals surface area contributed by atoms with Gasteiger partial charge in [0, 0.05) is 31.5 Å². The summed E-state index contributed by atoms with van der Waals surface area (Å²) in [6.07, 6.45) is 14.4. The Balaban J connectivity index is 0.00000148. The van der Waals surface area contributed by atoms with Crippen molar-refractivity contribution in [2.24, 2.45) is 5.41 Å². The standard InChI is InChI=1S/C32H35N7.C2H6/c33-29-26(8-4-18-35-29)30-37-28-14-13-27(24-6-2-1-3-7-24)36-31(28)39(30)25-11-9-23(10-12-25)20-38-19-16-32(22-38)15-5-17-34-21-32;1-2/h2,4,6-14,18,34H,1,3,5,15-17,19-22H2,(H2,33,35);1-2H3. The quantitative estimate of drug-likeness (QED) is 0.301. The summed E-state index contributed by atoms with van der Waals surface area (Å²) in [7, 11) is 0. The first kappa shape index (κ1) is 27.4. The highest BCUT2D eigenvalue weighted by atomic mass is 15.2. The second-order valence-corrected chi connectivity index (χ2v) is 11.3. The summed E-state index contributed by atoms with van der Waals surface area (Å²) in [6.45, 7) is 9.69. The molecule has 2 saturated heterocycles. The predicted octanol–water partition coefficient (Wildman–Crippen LogP) is 6.40. The molecule has 5 heterocycles. The molecule has 1 unspecified atom stereocenters. The zero-order chi connectivity index (χ0) is 28.2. The van der Waals surface area contributed by atoms with E-state index < -0.39 is 0 Å². The number of hydrogen-bond donors (Lipinski definition) is 2. The number of benzene rings is 1. The normalized spacial score (nSPS) is 20.7. The van der Waals surface area contributed by atoms with Gasteiger partial charge in [-0.2, -0.15) is 0 Å². The van der Waals surface area contributed by atoms with Gasteiger partial charge in [-0.25, -0.2) is 15.0 Å². The van der Waals surface area contributed by atoms with Gasteiger partial charge >= 0.3 is 0 Å². The van der Waals surface area contributed by atoms with E-state index in [9.17, 15) is 0 Å². The second-order valence-electron chi connectivity index (χ2n) is 11.3. The fraction of sp³-hybridized carbons (Fsp3) is 0.382. The number of rotatable bonds is 5. The molecule has 7 nitrogen and oxygen atoms in total. The van der Waals surface area contributed by atoms with E-state index in [1.807, 2.05) is 26.0 Å². The fourth-order valence-corrected chi connectivity index (χ4v) is 6.50. The Hall–Kier alpha value is -3.81. The van der Waals surface area contributed by atoms with E-state index in [2.05, 4.69) is 74.4 Å². The van der Waals surface area contributed by atoms with Gasteiger partial charge in [-0.15, -0.1) is 0 Å². The van der Waals surface area contributed by atoms with E-state index in [1.54, 1.807) is 6.20 Å². The maximum absolute atomic E-state index is 6.33. The van der Waals surface area contributed by atoms with Gasteiger partial charge in [0.2, 0.25) is 0 Å². The summed E-state index contributed by atoms with van der Waals surface area (Å²) in [5.41, 5.74) is 13.7. The number of nitrogen functional groups attached to an aromatic ring is 1. The van der Waals surface area contributed by atoms with Gasteiger partial charge in [0.15, 0.2) is 11.5 Å². The molecule has 1 aliphatic carbocycles. The number of anilines is 1. The number of aromatic nitrogens is 4. The number of allylic oxidation sites excluding steroid dienone is 4. The Kier molecular flexibility index (Phi) is 7.99. The van der Waals surface area contributed by atoms with Crippen LogP contribution in [0.5, 0.6) is 0 Å². The maximum atomic E-state index is 6.33. The number of pyridine rings is 2. The Morgan fingerprint density at radius 3 is 2.63 bits per heavy atom. The van der Waals surface area contributed by atoms with Crippen LogP contribution < -0.4 is 11.1 Å². The fourth-order valence-electron chi connectivity index (χ4n) is 6.50. The van der Waals surface area contributed by atoms with E-state index in [0.29, 0.717) is 11.2 Å². The van der Waals surface area contributed by atoms with E-state index in [-0.39, 0.29) is 0 Å². The molecule has 212 valence electrons. The third kappa shape index (κ3) is 5.56. The van der Waals surface area contributed by atoms with Gasteiger partial charge in [0.05, 0.1) is 11.3 Å². The molecule has 3 aliphatic rings. The molecule has 0 radical (unpaired) electrons. The number of nitrogens with two attached hydrogens (primary N) is 1. The van der Waals surface area contributed by atoms with Crippen LogP contribution in [0.1, 0.15) is 57.2 Å². The number of likely N-dealkylation sites (tertiary alicyclic amines) is 1.